The van der Waals surface area contributed by atoms with E-state index in [2.05, 4.69) is 24.8 Å². The SMILES string of the molecule is COC(=O)COC(=O)Nc1cc(NC(=O)OC)ccc1C. The van der Waals surface area contributed by atoms with Gasteiger partial charge in [-0.25, -0.2) is 14.4 Å². The van der Waals surface area contributed by atoms with Crippen LogP contribution in [-0.4, -0.2) is 39.0 Å². The number of hydrogen-bond donors (Lipinski definition) is 2. The number of carbonyl (C=O) groups excluding carboxylic acids is 3. The molecule has 2 N–H and O–H groups in total. The van der Waals surface area contributed by atoms with Gasteiger partial charge in [0.1, 0.15) is 0 Å². The Morgan fingerprint density at radius 2 is 1.76 bits per heavy atom. The van der Waals surface area contributed by atoms with Crippen LogP contribution in [0.2, 0.25) is 0 Å². The molecule has 0 bridgehead atoms. The minimum absolute atomic E-state index is 0.429. The number of methoxy groups -OCH3 is 2. The normalized spacial score (nSPS) is 9.48. The summed E-state index contributed by atoms with van der Waals surface area (Å²) in [6, 6.07) is 4.88. The summed E-state index contributed by atoms with van der Waals surface area (Å²) in [4.78, 5) is 33.5. The number of anilines is 2. The first-order chi connectivity index (χ1) is 9.96. The Labute approximate surface area is 121 Å². The fraction of sp³-hybridized carbons (Fsp3) is 0.308. The molecule has 0 unspecified atom stereocenters. The maximum Gasteiger partial charge on any atom is 0.412 e. The van der Waals surface area contributed by atoms with Crippen molar-refractivity contribution in [1.82, 2.24) is 0 Å². The van der Waals surface area contributed by atoms with Crippen LogP contribution in [0.5, 0.6) is 0 Å². The highest BCUT2D eigenvalue weighted by molar-refractivity contribution is 5.90. The fourth-order valence-electron chi connectivity index (χ4n) is 1.33. The Morgan fingerprint density at radius 3 is 2.38 bits per heavy atom. The molecule has 0 aliphatic heterocycles. The predicted octanol–water partition coefficient (Wildman–Crippen LogP) is 1.89. The summed E-state index contributed by atoms with van der Waals surface area (Å²) >= 11 is 0. The van der Waals surface area contributed by atoms with Crippen LogP contribution >= 0.6 is 0 Å². The Hall–Kier alpha value is -2.77. The summed E-state index contributed by atoms with van der Waals surface area (Å²) in [5, 5.41) is 4.92. The second-order valence-electron chi connectivity index (χ2n) is 3.92. The quantitative estimate of drug-likeness (QED) is 0.649. The van der Waals surface area contributed by atoms with Gasteiger partial charge >= 0.3 is 18.2 Å². The molecule has 0 aliphatic rings. The van der Waals surface area contributed by atoms with Crippen LogP contribution in [0.15, 0.2) is 18.2 Å². The molecule has 1 aromatic carbocycles. The van der Waals surface area contributed by atoms with E-state index < -0.39 is 24.8 Å². The highest BCUT2D eigenvalue weighted by Gasteiger charge is 2.10. The van der Waals surface area contributed by atoms with Gasteiger partial charge in [0.25, 0.3) is 0 Å². The molecule has 0 aromatic heterocycles. The van der Waals surface area contributed by atoms with Crippen molar-refractivity contribution in [2.75, 3.05) is 31.5 Å². The Balaban J connectivity index is 2.69. The average molecular weight is 296 g/mol. The van der Waals surface area contributed by atoms with E-state index in [9.17, 15) is 14.4 Å². The highest BCUT2D eigenvalue weighted by atomic mass is 16.6. The lowest BCUT2D eigenvalue weighted by Gasteiger charge is -2.11. The molecule has 2 amide bonds. The number of benzene rings is 1. The van der Waals surface area contributed by atoms with Gasteiger partial charge < -0.3 is 14.2 Å². The van der Waals surface area contributed by atoms with E-state index in [1.807, 2.05) is 0 Å². The van der Waals surface area contributed by atoms with Crippen LogP contribution in [0.3, 0.4) is 0 Å². The molecule has 0 saturated heterocycles. The molecule has 0 radical (unpaired) electrons. The van der Waals surface area contributed by atoms with E-state index in [4.69, 9.17) is 0 Å². The zero-order chi connectivity index (χ0) is 15.8. The summed E-state index contributed by atoms with van der Waals surface area (Å²) in [6.07, 6.45) is -1.43. The number of carbonyl (C=O) groups is 3. The Bertz CT molecular complexity index is 543. The van der Waals surface area contributed by atoms with Crippen LogP contribution in [0.1, 0.15) is 5.56 Å². The molecule has 8 nitrogen and oxygen atoms in total. The van der Waals surface area contributed by atoms with E-state index in [-0.39, 0.29) is 0 Å². The number of aryl methyl sites for hydroxylation is 1. The van der Waals surface area contributed by atoms with Gasteiger partial charge in [0.15, 0.2) is 6.61 Å². The molecule has 21 heavy (non-hydrogen) atoms. The molecule has 0 atom stereocenters. The lowest BCUT2D eigenvalue weighted by Crippen LogP contribution is -2.20. The lowest BCUT2D eigenvalue weighted by molar-refractivity contribution is -0.143. The minimum Gasteiger partial charge on any atom is -0.466 e. The second kappa shape index (κ2) is 7.73. The zero-order valence-corrected chi connectivity index (χ0v) is 11.9. The third-order valence-electron chi connectivity index (χ3n) is 2.45. The molecule has 114 valence electrons. The molecule has 0 fully saturated rings. The van der Waals surface area contributed by atoms with Gasteiger partial charge in [-0.15, -0.1) is 0 Å². The van der Waals surface area contributed by atoms with Crippen molar-refractivity contribution in [2.24, 2.45) is 0 Å². The first-order valence-corrected chi connectivity index (χ1v) is 5.92. The monoisotopic (exact) mass is 296 g/mol. The van der Waals surface area contributed by atoms with Crippen LogP contribution in [-0.2, 0) is 19.0 Å². The van der Waals surface area contributed by atoms with E-state index in [1.54, 1.807) is 19.1 Å². The number of esters is 1. The summed E-state index contributed by atoms with van der Waals surface area (Å²) in [5.41, 5.74) is 1.62. The van der Waals surface area contributed by atoms with Gasteiger partial charge in [0.05, 0.1) is 14.2 Å². The summed E-state index contributed by atoms with van der Waals surface area (Å²) in [5.74, 6) is -0.664. The second-order valence-corrected chi connectivity index (χ2v) is 3.92. The number of nitrogens with one attached hydrogen (secondary N) is 2. The standard InChI is InChI=1S/C13H16N2O6/c1-8-4-5-9(14-12(17)20-3)6-10(8)15-13(18)21-7-11(16)19-2/h4-6H,7H2,1-3H3,(H,14,17)(H,15,18). The van der Waals surface area contributed by atoms with Gasteiger partial charge in [-0.05, 0) is 24.6 Å². The molecule has 1 rings (SSSR count). The van der Waals surface area contributed by atoms with Crippen molar-refractivity contribution in [3.8, 4) is 0 Å². The smallest absolute Gasteiger partial charge is 0.412 e. The van der Waals surface area contributed by atoms with Crippen LogP contribution in [0, 0.1) is 6.92 Å². The van der Waals surface area contributed by atoms with Crippen LogP contribution in [0.4, 0.5) is 21.0 Å². The molecule has 0 aliphatic carbocycles. The number of rotatable bonds is 4. The van der Waals surface area contributed by atoms with Crippen LogP contribution < -0.4 is 10.6 Å². The van der Waals surface area contributed by atoms with Gasteiger partial charge in [-0.3, -0.25) is 10.6 Å². The number of amides is 2. The zero-order valence-electron chi connectivity index (χ0n) is 11.9. The third kappa shape index (κ3) is 5.39. The molecule has 0 heterocycles. The summed E-state index contributed by atoms with van der Waals surface area (Å²) in [6.45, 7) is 1.28. The van der Waals surface area contributed by atoms with Crippen molar-refractivity contribution in [3.63, 3.8) is 0 Å². The number of hydrogen-bond acceptors (Lipinski definition) is 6. The van der Waals surface area contributed by atoms with Gasteiger partial charge in [-0.2, -0.15) is 0 Å². The third-order valence-corrected chi connectivity index (χ3v) is 2.45. The van der Waals surface area contributed by atoms with Gasteiger partial charge in [0.2, 0.25) is 0 Å². The molecule has 0 saturated carbocycles. The molecule has 1 aromatic rings. The fourth-order valence-corrected chi connectivity index (χ4v) is 1.33. The Morgan fingerprint density at radius 1 is 1.05 bits per heavy atom. The lowest BCUT2D eigenvalue weighted by atomic mass is 10.2. The van der Waals surface area contributed by atoms with Gasteiger partial charge in [0, 0.05) is 11.4 Å². The average Bonchev–Trinajstić information content (AvgIpc) is 2.47. The van der Waals surface area contributed by atoms with Crippen molar-refractivity contribution < 1.29 is 28.6 Å². The maximum absolute atomic E-state index is 11.5. The molecular formula is C13H16N2O6. The molecule has 0 spiro atoms. The van der Waals surface area contributed by atoms with E-state index in [1.165, 1.54) is 20.3 Å². The van der Waals surface area contributed by atoms with Crippen molar-refractivity contribution >= 4 is 29.5 Å². The number of ether oxygens (including phenoxy) is 3. The first-order valence-electron chi connectivity index (χ1n) is 5.92. The summed E-state index contributed by atoms with van der Waals surface area (Å²) in [7, 11) is 2.43. The van der Waals surface area contributed by atoms with Gasteiger partial charge in [-0.1, -0.05) is 6.07 Å². The first kappa shape index (κ1) is 16.3. The van der Waals surface area contributed by atoms with E-state index in [0.717, 1.165) is 5.56 Å². The maximum atomic E-state index is 11.5. The molecule has 8 heteroatoms. The van der Waals surface area contributed by atoms with E-state index in [0.29, 0.717) is 11.4 Å². The van der Waals surface area contributed by atoms with Crippen molar-refractivity contribution in [1.29, 1.82) is 0 Å². The highest BCUT2D eigenvalue weighted by Crippen LogP contribution is 2.20. The topological polar surface area (TPSA) is 103 Å². The molecular weight excluding hydrogens is 280 g/mol. The Kier molecular flexibility index (Phi) is 5.99. The van der Waals surface area contributed by atoms with E-state index >= 15 is 0 Å². The van der Waals surface area contributed by atoms with Crippen molar-refractivity contribution in [2.45, 2.75) is 6.92 Å². The van der Waals surface area contributed by atoms with Crippen molar-refractivity contribution in [3.05, 3.63) is 23.8 Å². The largest absolute Gasteiger partial charge is 0.466 e. The summed E-state index contributed by atoms with van der Waals surface area (Å²) < 4.78 is 13.5. The minimum atomic E-state index is -0.807. The predicted molar refractivity (Wildman–Crippen MR) is 74.2 cm³/mol. The van der Waals surface area contributed by atoms with Crippen LogP contribution in [0.25, 0.3) is 0 Å².